The first-order valence-electron chi connectivity index (χ1n) is 11.3. The van der Waals surface area contributed by atoms with Crippen molar-refractivity contribution in [2.24, 2.45) is 0 Å². The molecule has 0 aromatic heterocycles. The summed E-state index contributed by atoms with van der Waals surface area (Å²) in [4.78, 5) is 17.5. The standard InChI is InChI=1S/C27H30ClN3O2/c1-30-13-4-14-31(16-15-30)19-23-17-22(9-12-26(23)33-2)21-5-3-6-25(18-21)29-27(32)20-7-10-24(28)11-8-20/h3,5-12,17-18H,4,13-16,19H2,1-2H3,(H,29,32). The van der Waals surface area contributed by atoms with Gasteiger partial charge in [0.25, 0.3) is 5.91 Å². The van der Waals surface area contributed by atoms with Crippen molar-refractivity contribution in [1.29, 1.82) is 0 Å². The van der Waals surface area contributed by atoms with Gasteiger partial charge in [0, 0.05) is 41.5 Å². The second kappa shape index (κ2) is 10.8. The van der Waals surface area contributed by atoms with Crippen LogP contribution in [-0.2, 0) is 6.54 Å². The van der Waals surface area contributed by atoms with Gasteiger partial charge in [-0.3, -0.25) is 9.69 Å². The third kappa shape index (κ3) is 6.14. The fraction of sp³-hybridized carbons (Fsp3) is 0.296. The van der Waals surface area contributed by atoms with E-state index < -0.39 is 0 Å². The fourth-order valence-electron chi connectivity index (χ4n) is 4.16. The van der Waals surface area contributed by atoms with Crippen LogP contribution in [0.2, 0.25) is 5.02 Å². The Labute approximate surface area is 200 Å². The van der Waals surface area contributed by atoms with Crippen LogP contribution >= 0.6 is 11.6 Å². The molecule has 1 saturated heterocycles. The van der Waals surface area contributed by atoms with Crippen LogP contribution in [0.5, 0.6) is 5.75 Å². The molecule has 4 rings (SSSR count). The van der Waals surface area contributed by atoms with E-state index in [1.807, 2.05) is 24.3 Å². The number of hydrogen-bond acceptors (Lipinski definition) is 4. The van der Waals surface area contributed by atoms with Gasteiger partial charge in [0.05, 0.1) is 7.11 Å². The Morgan fingerprint density at radius 3 is 2.55 bits per heavy atom. The summed E-state index contributed by atoms with van der Waals surface area (Å²) in [5, 5.41) is 3.59. The van der Waals surface area contributed by atoms with E-state index in [2.05, 4.69) is 40.4 Å². The van der Waals surface area contributed by atoms with Gasteiger partial charge in [0.15, 0.2) is 0 Å². The minimum absolute atomic E-state index is 0.162. The molecular weight excluding hydrogens is 434 g/mol. The van der Waals surface area contributed by atoms with Crippen molar-refractivity contribution in [1.82, 2.24) is 9.80 Å². The van der Waals surface area contributed by atoms with E-state index in [4.69, 9.17) is 16.3 Å². The number of ether oxygens (including phenoxy) is 1. The van der Waals surface area contributed by atoms with Gasteiger partial charge in [-0.15, -0.1) is 0 Å². The highest BCUT2D eigenvalue weighted by atomic mass is 35.5. The van der Waals surface area contributed by atoms with E-state index in [9.17, 15) is 4.79 Å². The number of anilines is 1. The van der Waals surface area contributed by atoms with Crippen molar-refractivity contribution in [3.63, 3.8) is 0 Å². The molecule has 5 nitrogen and oxygen atoms in total. The van der Waals surface area contributed by atoms with Crippen molar-refractivity contribution in [2.75, 3.05) is 45.7 Å². The molecule has 1 amide bonds. The number of nitrogens with zero attached hydrogens (tertiary/aromatic N) is 2. The average molecular weight is 464 g/mol. The third-order valence-electron chi connectivity index (χ3n) is 6.05. The summed E-state index contributed by atoms with van der Waals surface area (Å²) in [5.41, 5.74) is 4.64. The van der Waals surface area contributed by atoms with E-state index in [0.717, 1.165) is 55.3 Å². The average Bonchev–Trinajstić information content (AvgIpc) is 3.03. The maximum Gasteiger partial charge on any atom is 0.255 e. The Hall–Kier alpha value is -2.86. The van der Waals surface area contributed by atoms with E-state index in [0.29, 0.717) is 10.6 Å². The third-order valence-corrected chi connectivity index (χ3v) is 6.30. The van der Waals surface area contributed by atoms with Crippen LogP contribution in [0, 0.1) is 0 Å². The summed E-state index contributed by atoms with van der Waals surface area (Å²) in [6.45, 7) is 5.22. The number of rotatable bonds is 6. The number of benzene rings is 3. The molecule has 0 spiro atoms. The van der Waals surface area contributed by atoms with Gasteiger partial charge in [-0.2, -0.15) is 0 Å². The fourth-order valence-corrected chi connectivity index (χ4v) is 4.29. The normalized spacial score (nSPS) is 15.1. The van der Waals surface area contributed by atoms with Gasteiger partial charge >= 0.3 is 0 Å². The van der Waals surface area contributed by atoms with E-state index in [-0.39, 0.29) is 5.91 Å². The highest BCUT2D eigenvalue weighted by Gasteiger charge is 2.15. The number of methoxy groups -OCH3 is 1. The Morgan fingerprint density at radius 2 is 1.76 bits per heavy atom. The molecule has 1 aliphatic heterocycles. The predicted molar refractivity (Wildman–Crippen MR) is 135 cm³/mol. The molecule has 0 atom stereocenters. The van der Waals surface area contributed by atoms with Gasteiger partial charge in [-0.25, -0.2) is 0 Å². The molecule has 172 valence electrons. The molecule has 1 fully saturated rings. The van der Waals surface area contributed by atoms with E-state index in [1.165, 1.54) is 12.0 Å². The second-order valence-corrected chi connectivity index (χ2v) is 8.94. The first-order chi connectivity index (χ1) is 16.0. The molecule has 1 aliphatic rings. The van der Waals surface area contributed by atoms with E-state index >= 15 is 0 Å². The Morgan fingerprint density at radius 1 is 0.970 bits per heavy atom. The number of nitrogens with one attached hydrogen (secondary N) is 1. The molecule has 0 saturated carbocycles. The second-order valence-electron chi connectivity index (χ2n) is 8.50. The van der Waals surface area contributed by atoms with Gasteiger partial charge in [0.1, 0.15) is 5.75 Å². The zero-order valence-electron chi connectivity index (χ0n) is 19.2. The zero-order chi connectivity index (χ0) is 23.2. The van der Waals surface area contributed by atoms with Crippen molar-refractivity contribution in [3.8, 4) is 16.9 Å². The molecule has 0 bridgehead atoms. The largest absolute Gasteiger partial charge is 0.496 e. The lowest BCUT2D eigenvalue weighted by atomic mass is 10.0. The van der Waals surface area contributed by atoms with Crippen LogP contribution in [0.3, 0.4) is 0 Å². The highest BCUT2D eigenvalue weighted by Crippen LogP contribution is 2.29. The molecule has 0 radical (unpaired) electrons. The summed E-state index contributed by atoms with van der Waals surface area (Å²) in [5.74, 6) is 0.744. The molecule has 3 aromatic carbocycles. The number of carbonyl (C=O) groups is 1. The Balaban J connectivity index is 1.53. The van der Waals surface area contributed by atoms with Gasteiger partial charge in [-0.1, -0.05) is 29.8 Å². The molecule has 1 heterocycles. The number of amides is 1. The number of carbonyl (C=O) groups excluding carboxylic acids is 1. The molecule has 6 heteroatoms. The SMILES string of the molecule is COc1ccc(-c2cccc(NC(=O)c3ccc(Cl)cc3)c2)cc1CN1CCCN(C)CC1. The summed E-state index contributed by atoms with van der Waals surface area (Å²) in [7, 11) is 3.91. The van der Waals surface area contributed by atoms with Crippen LogP contribution in [0.15, 0.2) is 66.7 Å². The monoisotopic (exact) mass is 463 g/mol. The van der Waals surface area contributed by atoms with Crippen molar-refractivity contribution < 1.29 is 9.53 Å². The smallest absolute Gasteiger partial charge is 0.255 e. The van der Waals surface area contributed by atoms with Gasteiger partial charge in [-0.05, 0) is 86.2 Å². The summed E-state index contributed by atoms with van der Waals surface area (Å²) < 4.78 is 5.66. The summed E-state index contributed by atoms with van der Waals surface area (Å²) in [6, 6.07) is 21.1. The molecular formula is C27H30ClN3O2. The lowest BCUT2D eigenvalue weighted by Gasteiger charge is -2.22. The number of likely N-dealkylation sites (N-methyl/N-ethyl adjacent to an activating group) is 1. The predicted octanol–water partition coefficient (Wildman–Crippen LogP) is 5.41. The van der Waals surface area contributed by atoms with Crippen LogP contribution < -0.4 is 10.1 Å². The molecule has 0 unspecified atom stereocenters. The molecule has 0 aliphatic carbocycles. The molecule has 33 heavy (non-hydrogen) atoms. The topological polar surface area (TPSA) is 44.8 Å². The first-order valence-corrected chi connectivity index (χ1v) is 11.6. The number of hydrogen-bond donors (Lipinski definition) is 1. The van der Waals surface area contributed by atoms with Gasteiger partial charge < -0.3 is 15.0 Å². The van der Waals surface area contributed by atoms with Crippen LogP contribution in [0.25, 0.3) is 11.1 Å². The number of halogens is 1. The quantitative estimate of drug-likeness (QED) is 0.531. The minimum Gasteiger partial charge on any atom is -0.496 e. The maximum absolute atomic E-state index is 12.6. The van der Waals surface area contributed by atoms with Crippen molar-refractivity contribution >= 4 is 23.2 Å². The molecule has 1 N–H and O–H groups in total. The lowest BCUT2D eigenvalue weighted by Crippen LogP contribution is -2.28. The Kier molecular flexibility index (Phi) is 7.65. The zero-order valence-corrected chi connectivity index (χ0v) is 19.9. The van der Waals surface area contributed by atoms with Crippen LogP contribution in [-0.4, -0.2) is 56.0 Å². The first kappa shape index (κ1) is 23.3. The van der Waals surface area contributed by atoms with Crippen LogP contribution in [0.1, 0.15) is 22.3 Å². The van der Waals surface area contributed by atoms with Crippen LogP contribution in [0.4, 0.5) is 5.69 Å². The van der Waals surface area contributed by atoms with Crippen molar-refractivity contribution in [3.05, 3.63) is 82.9 Å². The Bertz CT molecular complexity index is 1100. The maximum atomic E-state index is 12.6. The summed E-state index contributed by atoms with van der Waals surface area (Å²) in [6.07, 6.45) is 1.17. The lowest BCUT2D eigenvalue weighted by molar-refractivity contribution is 0.102. The highest BCUT2D eigenvalue weighted by molar-refractivity contribution is 6.30. The van der Waals surface area contributed by atoms with Gasteiger partial charge in [0.2, 0.25) is 0 Å². The minimum atomic E-state index is -0.162. The van der Waals surface area contributed by atoms with E-state index in [1.54, 1.807) is 31.4 Å². The van der Waals surface area contributed by atoms with Crippen molar-refractivity contribution in [2.45, 2.75) is 13.0 Å². The summed E-state index contributed by atoms with van der Waals surface area (Å²) >= 11 is 5.93. The molecule has 3 aromatic rings.